The van der Waals surface area contributed by atoms with E-state index in [1.165, 1.54) is 31.5 Å². The summed E-state index contributed by atoms with van der Waals surface area (Å²) in [7, 11) is -2.92. The third kappa shape index (κ3) is 6.13. The van der Waals surface area contributed by atoms with Gasteiger partial charge in [-0.1, -0.05) is 194 Å². The molecule has 0 saturated carbocycles. The van der Waals surface area contributed by atoms with E-state index in [9.17, 15) is 0 Å². The Balaban J connectivity index is 1.03. The van der Waals surface area contributed by atoms with Gasteiger partial charge in [-0.15, -0.1) is 0 Å². The van der Waals surface area contributed by atoms with E-state index in [-0.39, 0.29) is 0 Å². The second kappa shape index (κ2) is 16.2. The summed E-state index contributed by atoms with van der Waals surface area (Å²) in [4.78, 5) is 21.9. The van der Waals surface area contributed by atoms with Crippen molar-refractivity contribution in [3.8, 4) is 29.0 Å². The van der Waals surface area contributed by atoms with Crippen molar-refractivity contribution in [3.05, 3.63) is 255 Å². The van der Waals surface area contributed by atoms with E-state index >= 15 is 0 Å². The highest BCUT2D eigenvalue weighted by molar-refractivity contribution is 7.20. The molecular weight excluding hydrogens is 909 g/mol. The molecule has 5 aromatic heterocycles. The molecular formula is C64H42N8Si. The van der Waals surface area contributed by atoms with E-state index in [2.05, 4.69) is 273 Å². The van der Waals surface area contributed by atoms with Crippen LogP contribution in [-0.4, -0.2) is 46.1 Å². The number of para-hydroxylation sites is 6. The minimum atomic E-state index is -2.92. The Morgan fingerprint density at radius 2 is 0.753 bits per heavy atom. The van der Waals surface area contributed by atoms with Crippen LogP contribution in [0.1, 0.15) is 0 Å². The summed E-state index contributed by atoms with van der Waals surface area (Å²) in [5.41, 5.74) is 9.97. The first-order valence-electron chi connectivity index (χ1n) is 24.7. The van der Waals surface area contributed by atoms with E-state index in [4.69, 9.17) is 19.9 Å². The van der Waals surface area contributed by atoms with Crippen LogP contribution in [0, 0.1) is 0 Å². The summed E-state index contributed by atoms with van der Waals surface area (Å²) in [6.45, 7) is 0. The molecule has 0 amide bonds. The van der Waals surface area contributed by atoms with Gasteiger partial charge in [-0.05, 0) is 81.4 Å². The Morgan fingerprint density at radius 1 is 0.288 bits per heavy atom. The second-order valence-corrected chi connectivity index (χ2v) is 22.5. The van der Waals surface area contributed by atoms with E-state index in [0.717, 1.165) is 66.2 Å². The van der Waals surface area contributed by atoms with Gasteiger partial charge < -0.3 is 4.57 Å². The third-order valence-electron chi connectivity index (χ3n) is 14.8. The highest BCUT2D eigenvalue weighted by Crippen LogP contribution is 2.36. The largest absolute Gasteiger partial charge is 0.309 e. The van der Waals surface area contributed by atoms with Crippen LogP contribution >= 0.6 is 0 Å². The van der Waals surface area contributed by atoms with Crippen molar-refractivity contribution in [2.24, 2.45) is 0 Å². The first-order chi connectivity index (χ1) is 36.2. The highest BCUT2D eigenvalue weighted by atomic mass is 28.3. The molecule has 0 N–H and O–H groups in total. The number of fused-ring (bicyclic) bond motifs is 11. The molecule has 15 rings (SSSR count). The summed E-state index contributed by atoms with van der Waals surface area (Å²) < 4.78 is 8.94. The molecule has 0 aliphatic carbocycles. The van der Waals surface area contributed by atoms with Crippen LogP contribution in [0.3, 0.4) is 0 Å². The van der Waals surface area contributed by atoms with Crippen molar-refractivity contribution in [1.82, 2.24) is 38.0 Å². The fourth-order valence-corrected chi connectivity index (χ4v) is 16.5. The van der Waals surface area contributed by atoms with Gasteiger partial charge in [0.05, 0.1) is 44.1 Å². The molecule has 15 aromatic rings. The molecule has 73 heavy (non-hydrogen) atoms. The monoisotopic (exact) mass is 950 g/mol. The van der Waals surface area contributed by atoms with E-state index in [1.54, 1.807) is 0 Å². The van der Waals surface area contributed by atoms with Gasteiger partial charge in [-0.3, -0.25) is 8.97 Å². The molecule has 0 saturated heterocycles. The lowest BCUT2D eigenvalue weighted by Crippen LogP contribution is -2.74. The van der Waals surface area contributed by atoms with Crippen molar-refractivity contribution in [2.75, 3.05) is 0 Å². The number of rotatable bonds is 8. The lowest BCUT2D eigenvalue weighted by atomic mass is 10.2. The van der Waals surface area contributed by atoms with Crippen molar-refractivity contribution in [1.29, 1.82) is 0 Å². The van der Waals surface area contributed by atoms with Crippen molar-refractivity contribution in [2.45, 2.75) is 0 Å². The van der Waals surface area contributed by atoms with Crippen LogP contribution in [0.15, 0.2) is 255 Å². The molecule has 0 radical (unpaired) electrons. The topological polar surface area (TPSA) is 70.8 Å². The average molecular weight is 951 g/mol. The molecule has 9 heteroatoms. The third-order valence-corrected chi connectivity index (χ3v) is 19.6. The molecule has 0 spiro atoms. The number of benzene rings is 10. The Morgan fingerprint density at radius 3 is 1.30 bits per heavy atom. The number of aromatic nitrogens is 8. The lowest BCUT2D eigenvalue weighted by Gasteiger charge is -2.34. The van der Waals surface area contributed by atoms with E-state index in [0.29, 0.717) is 23.5 Å². The molecule has 10 aromatic carbocycles. The molecule has 5 heterocycles. The molecule has 0 unspecified atom stereocenters. The molecule has 8 nitrogen and oxygen atoms in total. The van der Waals surface area contributed by atoms with Gasteiger partial charge in [0.25, 0.3) is 0 Å². The van der Waals surface area contributed by atoms with Crippen LogP contribution in [0.25, 0.3) is 100 Å². The zero-order valence-electron chi connectivity index (χ0n) is 39.3. The highest BCUT2D eigenvalue weighted by Gasteiger charge is 2.42. The van der Waals surface area contributed by atoms with Gasteiger partial charge in [0, 0.05) is 32.8 Å². The minimum Gasteiger partial charge on any atom is -0.309 e. The molecule has 0 bridgehead atoms. The van der Waals surface area contributed by atoms with Crippen molar-refractivity contribution < 1.29 is 0 Å². The summed E-state index contributed by atoms with van der Waals surface area (Å²) in [5.74, 6) is 2.23. The van der Waals surface area contributed by atoms with Crippen LogP contribution in [0.2, 0.25) is 0 Å². The predicted octanol–water partition coefficient (Wildman–Crippen LogP) is 11.9. The number of hydrogen-bond donors (Lipinski definition) is 0. The van der Waals surface area contributed by atoms with Crippen LogP contribution in [-0.2, 0) is 0 Å². The van der Waals surface area contributed by atoms with Gasteiger partial charge >= 0.3 is 0 Å². The maximum atomic E-state index is 5.54. The molecule has 0 aliphatic heterocycles. The molecule has 0 aliphatic rings. The Labute approximate surface area is 420 Å². The summed E-state index contributed by atoms with van der Waals surface area (Å²) >= 11 is 0. The van der Waals surface area contributed by atoms with E-state index < -0.39 is 8.07 Å². The second-order valence-electron chi connectivity index (χ2n) is 18.7. The van der Waals surface area contributed by atoms with Crippen molar-refractivity contribution in [3.63, 3.8) is 0 Å². The molecule has 0 fully saturated rings. The standard InChI is InChI=1S/C64H42N8Si/c1-4-23-45(24-5-1)73(46-25-6-2-7-26-46,47-27-8-3-9-28-47)48-39-40-59-60(42-48)71-58-38-19-14-33-53(58)65-64(71)72(59)63-67-61(66-62(68-63)70-56-36-17-12-31-51(56)52-32-13-18-37-57(52)70)43-21-20-22-44(41-43)69-54-34-15-10-29-49(54)50-30-11-16-35-55(50)69/h1-42H. The minimum absolute atomic E-state index is 0.463. The zero-order chi connectivity index (χ0) is 48.0. The Kier molecular flexibility index (Phi) is 9.11. The molecule has 342 valence electrons. The fourth-order valence-electron chi connectivity index (χ4n) is 11.7. The van der Waals surface area contributed by atoms with E-state index in [1.807, 2.05) is 0 Å². The van der Waals surface area contributed by atoms with Crippen LogP contribution < -0.4 is 20.7 Å². The smallest absolute Gasteiger partial charge is 0.242 e. The van der Waals surface area contributed by atoms with Gasteiger partial charge in [0.15, 0.2) is 13.9 Å². The van der Waals surface area contributed by atoms with Gasteiger partial charge in [-0.25, -0.2) is 9.55 Å². The summed E-state index contributed by atoms with van der Waals surface area (Å²) in [5, 5.41) is 9.82. The molecule has 0 atom stereocenters. The summed E-state index contributed by atoms with van der Waals surface area (Å²) in [6, 6.07) is 91.4. The van der Waals surface area contributed by atoms with Gasteiger partial charge in [0.1, 0.15) is 0 Å². The Bertz CT molecular complexity index is 4430. The predicted molar refractivity (Wildman–Crippen MR) is 301 cm³/mol. The average Bonchev–Trinajstić information content (AvgIpc) is 4.20. The number of hydrogen-bond acceptors (Lipinski definition) is 4. The van der Waals surface area contributed by atoms with Gasteiger partial charge in [-0.2, -0.15) is 15.0 Å². The van der Waals surface area contributed by atoms with Crippen LogP contribution in [0.5, 0.6) is 0 Å². The number of imidazole rings is 2. The van der Waals surface area contributed by atoms with Crippen LogP contribution in [0.4, 0.5) is 0 Å². The Hall–Kier alpha value is -9.70. The zero-order valence-corrected chi connectivity index (χ0v) is 40.3. The maximum absolute atomic E-state index is 5.54. The normalized spacial score (nSPS) is 12.1. The quantitative estimate of drug-likeness (QED) is 0.112. The summed E-state index contributed by atoms with van der Waals surface area (Å²) in [6.07, 6.45) is 0. The first-order valence-corrected chi connectivity index (χ1v) is 26.7. The fraction of sp³-hybridized carbons (Fsp3) is 0. The SMILES string of the molecule is c1ccc([Si](c2ccccc2)(c2ccccc2)c2ccc3c(c2)n2c4ccccc4nc2n3-c2nc(-c3cccc(-n4c5ccccc5c5ccccc54)c3)nc(-n3c4ccccc4c4ccccc43)n2)cc1. The van der Waals surface area contributed by atoms with Gasteiger partial charge in [0.2, 0.25) is 17.7 Å². The first kappa shape index (κ1) is 41.1. The van der Waals surface area contributed by atoms with Crippen molar-refractivity contribution >= 4 is 100 Å². The maximum Gasteiger partial charge on any atom is 0.242 e. The lowest BCUT2D eigenvalue weighted by molar-refractivity contribution is 0.884. The number of nitrogens with zero attached hydrogens (tertiary/aromatic N) is 8.